The fourth-order valence-electron chi connectivity index (χ4n) is 2.62. The summed E-state index contributed by atoms with van der Waals surface area (Å²) in [6, 6.07) is 7.40. The number of halogens is 1. The molecular formula is C16H24FNO2. The van der Waals surface area contributed by atoms with Gasteiger partial charge in [-0.1, -0.05) is 12.1 Å². The number of nitrogens with one attached hydrogen (secondary N) is 1. The van der Waals surface area contributed by atoms with Crippen molar-refractivity contribution in [2.24, 2.45) is 0 Å². The van der Waals surface area contributed by atoms with Crippen LogP contribution in [-0.4, -0.2) is 32.1 Å². The van der Waals surface area contributed by atoms with Gasteiger partial charge in [0.25, 0.3) is 0 Å². The first kappa shape index (κ1) is 15.4. The van der Waals surface area contributed by atoms with Crippen LogP contribution >= 0.6 is 0 Å². The Labute approximate surface area is 120 Å². The van der Waals surface area contributed by atoms with Gasteiger partial charge in [0.2, 0.25) is 0 Å². The topological polar surface area (TPSA) is 30.5 Å². The highest BCUT2D eigenvalue weighted by Gasteiger charge is 2.30. The number of ether oxygens (including phenoxy) is 2. The maximum absolute atomic E-state index is 13.2. The summed E-state index contributed by atoms with van der Waals surface area (Å²) >= 11 is 0. The first-order valence-electron chi connectivity index (χ1n) is 7.45. The molecule has 0 spiro atoms. The molecule has 1 saturated carbocycles. The maximum Gasteiger partial charge on any atom is 0.169 e. The molecule has 112 valence electrons. The van der Waals surface area contributed by atoms with Crippen LogP contribution < -0.4 is 5.32 Å². The third-order valence-electron chi connectivity index (χ3n) is 3.74. The molecule has 1 fully saturated rings. The molecule has 0 unspecified atom stereocenters. The SMILES string of the molecule is CCOC(CNC1CC(c2cccc(F)c2)C1)OCC. The van der Waals surface area contributed by atoms with Crippen molar-refractivity contribution < 1.29 is 13.9 Å². The zero-order valence-corrected chi connectivity index (χ0v) is 12.3. The van der Waals surface area contributed by atoms with Crippen LogP contribution in [0.4, 0.5) is 4.39 Å². The van der Waals surface area contributed by atoms with Gasteiger partial charge in [0.1, 0.15) is 5.82 Å². The van der Waals surface area contributed by atoms with Gasteiger partial charge in [0.05, 0.1) is 0 Å². The van der Waals surface area contributed by atoms with Crippen LogP contribution in [0.25, 0.3) is 0 Å². The first-order chi connectivity index (χ1) is 9.72. The number of hydrogen-bond acceptors (Lipinski definition) is 3. The molecule has 1 N–H and O–H groups in total. The van der Waals surface area contributed by atoms with Gasteiger partial charge in [-0.15, -0.1) is 0 Å². The van der Waals surface area contributed by atoms with Crippen molar-refractivity contribution in [2.75, 3.05) is 19.8 Å². The van der Waals surface area contributed by atoms with Gasteiger partial charge in [-0.05, 0) is 50.3 Å². The normalized spacial score (nSPS) is 22.0. The van der Waals surface area contributed by atoms with Crippen molar-refractivity contribution in [3.8, 4) is 0 Å². The average Bonchev–Trinajstić information content (AvgIpc) is 2.37. The molecule has 0 aromatic heterocycles. The summed E-state index contributed by atoms with van der Waals surface area (Å²) < 4.78 is 24.1. The van der Waals surface area contributed by atoms with E-state index in [0.717, 1.165) is 18.4 Å². The third-order valence-corrected chi connectivity index (χ3v) is 3.74. The molecule has 0 aliphatic heterocycles. The van der Waals surface area contributed by atoms with Crippen LogP contribution in [0.1, 0.15) is 38.2 Å². The van der Waals surface area contributed by atoms with Crippen molar-refractivity contribution in [2.45, 2.75) is 44.9 Å². The minimum atomic E-state index is -0.168. The Morgan fingerprint density at radius 2 is 1.95 bits per heavy atom. The smallest absolute Gasteiger partial charge is 0.169 e. The van der Waals surface area contributed by atoms with Gasteiger partial charge in [0.15, 0.2) is 6.29 Å². The van der Waals surface area contributed by atoms with Crippen LogP contribution in [0.15, 0.2) is 24.3 Å². The molecule has 1 aromatic carbocycles. The van der Waals surface area contributed by atoms with Crippen LogP contribution in [0.2, 0.25) is 0 Å². The molecular weight excluding hydrogens is 257 g/mol. The monoisotopic (exact) mass is 281 g/mol. The van der Waals surface area contributed by atoms with E-state index in [1.54, 1.807) is 12.1 Å². The highest BCUT2D eigenvalue weighted by Crippen LogP contribution is 2.36. The van der Waals surface area contributed by atoms with E-state index in [2.05, 4.69) is 5.32 Å². The predicted octanol–water partition coefficient (Wildman–Crippen LogP) is 3.06. The minimum absolute atomic E-state index is 0.147. The number of rotatable bonds is 8. The lowest BCUT2D eigenvalue weighted by molar-refractivity contribution is -0.134. The fourth-order valence-corrected chi connectivity index (χ4v) is 2.62. The summed E-state index contributed by atoms with van der Waals surface area (Å²) in [5, 5.41) is 3.46. The second kappa shape index (κ2) is 7.72. The number of hydrogen-bond donors (Lipinski definition) is 1. The number of benzene rings is 1. The zero-order valence-electron chi connectivity index (χ0n) is 12.3. The molecule has 1 aliphatic carbocycles. The summed E-state index contributed by atoms with van der Waals surface area (Å²) in [5.74, 6) is 0.326. The lowest BCUT2D eigenvalue weighted by Gasteiger charge is -2.37. The second-order valence-electron chi connectivity index (χ2n) is 5.17. The van der Waals surface area contributed by atoms with E-state index in [-0.39, 0.29) is 12.1 Å². The molecule has 20 heavy (non-hydrogen) atoms. The van der Waals surface area contributed by atoms with Gasteiger partial charge in [0, 0.05) is 25.8 Å². The van der Waals surface area contributed by atoms with Crippen molar-refractivity contribution in [3.63, 3.8) is 0 Å². The predicted molar refractivity (Wildman–Crippen MR) is 77.2 cm³/mol. The van der Waals surface area contributed by atoms with Crippen molar-refractivity contribution in [1.29, 1.82) is 0 Å². The Morgan fingerprint density at radius 3 is 2.55 bits per heavy atom. The lowest BCUT2D eigenvalue weighted by Crippen LogP contribution is -2.44. The highest BCUT2D eigenvalue weighted by atomic mass is 19.1. The molecule has 0 radical (unpaired) electrons. The Balaban J connectivity index is 1.71. The van der Waals surface area contributed by atoms with E-state index >= 15 is 0 Å². The molecule has 2 rings (SSSR count). The summed E-state index contributed by atoms with van der Waals surface area (Å²) in [4.78, 5) is 0. The first-order valence-corrected chi connectivity index (χ1v) is 7.45. The van der Waals surface area contributed by atoms with E-state index in [1.807, 2.05) is 19.9 Å². The van der Waals surface area contributed by atoms with Crippen molar-refractivity contribution in [1.82, 2.24) is 5.32 Å². The largest absolute Gasteiger partial charge is 0.352 e. The molecule has 1 aromatic rings. The van der Waals surface area contributed by atoms with Crippen molar-refractivity contribution >= 4 is 0 Å². The summed E-state index contributed by atoms with van der Waals surface area (Å²) in [5.41, 5.74) is 1.11. The fraction of sp³-hybridized carbons (Fsp3) is 0.625. The Bertz CT molecular complexity index is 401. The molecule has 0 bridgehead atoms. The van der Waals surface area contributed by atoms with Gasteiger partial charge in [-0.2, -0.15) is 0 Å². The standard InChI is InChI=1S/C16H24FNO2/c1-3-19-16(20-4-2)11-18-15-9-13(10-15)12-6-5-7-14(17)8-12/h5-8,13,15-16,18H,3-4,9-11H2,1-2H3. The summed E-state index contributed by atoms with van der Waals surface area (Å²) in [7, 11) is 0. The van der Waals surface area contributed by atoms with Crippen LogP contribution in [0.3, 0.4) is 0 Å². The molecule has 3 nitrogen and oxygen atoms in total. The highest BCUT2D eigenvalue weighted by molar-refractivity contribution is 5.23. The lowest BCUT2D eigenvalue weighted by atomic mass is 9.76. The van der Waals surface area contributed by atoms with Gasteiger partial charge < -0.3 is 14.8 Å². The molecule has 1 aliphatic rings. The van der Waals surface area contributed by atoms with Crippen LogP contribution in [-0.2, 0) is 9.47 Å². The molecule has 0 atom stereocenters. The van der Waals surface area contributed by atoms with Crippen molar-refractivity contribution in [3.05, 3.63) is 35.6 Å². The quantitative estimate of drug-likeness (QED) is 0.743. The molecule has 0 amide bonds. The van der Waals surface area contributed by atoms with E-state index in [9.17, 15) is 4.39 Å². The molecule has 0 heterocycles. The summed E-state index contributed by atoms with van der Waals surface area (Å²) in [6.07, 6.45) is 1.93. The molecule has 0 saturated heterocycles. The Kier molecular flexibility index (Phi) is 5.95. The van der Waals surface area contributed by atoms with Crippen LogP contribution in [0, 0.1) is 5.82 Å². The van der Waals surface area contributed by atoms with E-state index < -0.39 is 0 Å². The maximum atomic E-state index is 13.2. The van der Waals surface area contributed by atoms with Gasteiger partial charge in [-0.25, -0.2) is 4.39 Å². The third kappa shape index (κ3) is 4.27. The van der Waals surface area contributed by atoms with Crippen LogP contribution in [0.5, 0.6) is 0 Å². The van der Waals surface area contributed by atoms with E-state index in [1.165, 1.54) is 6.07 Å². The Hall–Kier alpha value is -0.970. The average molecular weight is 281 g/mol. The minimum Gasteiger partial charge on any atom is -0.352 e. The zero-order chi connectivity index (χ0) is 14.4. The second-order valence-corrected chi connectivity index (χ2v) is 5.17. The van der Waals surface area contributed by atoms with E-state index in [4.69, 9.17) is 9.47 Å². The summed E-state index contributed by atoms with van der Waals surface area (Å²) in [6.45, 7) is 5.96. The van der Waals surface area contributed by atoms with Gasteiger partial charge >= 0.3 is 0 Å². The molecule has 4 heteroatoms. The van der Waals surface area contributed by atoms with E-state index in [0.29, 0.717) is 31.7 Å². The van der Waals surface area contributed by atoms with Gasteiger partial charge in [-0.3, -0.25) is 0 Å². The Morgan fingerprint density at radius 1 is 1.25 bits per heavy atom.